The molecule has 1 aromatic carbocycles. The first kappa shape index (κ1) is 17.0. The first-order valence-corrected chi connectivity index (χ1v) is 8.29. The van der Waals surface area contributed by atoms with Crippen LogP contribution in [0.4, 0.5) is 5.69 Å². The van der Waals surface area contributed by atoms with Crippen LogP contribution in [0, 0.1) is 5.92 Å². The number of anilines is 1. The highest BCUT2D eigenvalue weighted by molar-refractivity contribution is 5.97. The molecule has 25 heavy (non-hydrogen) atoms. The lowest BCUT2D eigenvalue weighted by atomic mass is 9.94. The van der Waals surface area contributed by atoms with Gasteiger partial charge in [0.25, 0.3) is 0 Å². The number of hydrogen-bond donors (Lipinski definition) is 1. The number of pyridine rings is 1. The van der Waals surface area contributed by atoms with Gasteiger partial charge in [-0.05, 0) is 42.8 Å². The molecule has 6 nitrogen and oxygen atoms in total. The Hall–Kier alpha value is -2.89. The number of ether oxygens (including phenoxy) is 1. The molecule has 1 aromatic heterocycles. The van der Waals surface area contributed by atoms with Gasteiger partial charge in [-0.1, -0.05) is 6.07 Å². The second kappa shape index (κ2) is 7.34. The molecule has 3 rings (SSSR count). The zero-order chi connectivity index (χ0) is 17.8. The molecule has 0 aliphatic carbocycles. The van der Waals surface area contributed by atoms with Crippen LogP contribution in [0.1, 0.15) is 24.9 Å². The summed E-state index contributed by atoms with van der Waals surface area (Å²) < 4.78 is 5.40. The van der Waals surface area contributed by atoms with E-state index in [1.165, 1.54) is 0 Å². The molecule has 0 spiro atoms. The van der Waals surface area contributed by atoms with Crippen molar-refractivity contribution in [2.75, 3.05) is 19.0 Å². The summed E-state index contributed by atoms with van der Waals surface area (Å²) in [5.74, 6) is 0.0918. The fourth-order valence-corrected chi connectivity index (χ4v) is 3.15. The van der Waals surface area contributed by atoms with Gasteiger partial charge in [0, 0.05) is 31.5 Å². The van der Waals surface area contributed by atoms with Crippen LogP contribution in [0.15, 0.2) is 48.8 Å². The molecule has 0 bridgehead atoms. The van der Waals surface area contributed by atoms with E-state index in [4.69, 9.17) is 4.74 Å². The van der Waals surface area contributed by atoms with Crippen LogP contribution < -0.4 is 10.1 Å². The van der Waals surface area contributed by atoms with Crippen molar-refractivity contribution in [3.8, 4) is 5.75 Å². The molecule has 0 saturated carbocycles. The molecule has 1 saturated heterocycles. The van der Waals surface area contributed by atoms with E-state index in [0.717, 1.165) is 11.3 Å². The van der Waals surface area contributed by atoms with E-state index in [9.17, 15) is 9.59 Å². The molecule has 2 heterocycles. The lowest BCUT2D eigenvalue weighted by Gasteiger charge is -2.24. The zero-order valence-electron chi connectivity index (χ0n) is 14.3. The van der Waals surface area contributed by atoms with Crippen LogP contribution in [0.25, 0.3) is 0 Å². The Balaban J connectivity index is 1.76. The van der Waals surface area contributed by atoms with Crippen molar-refractivity contribution in [3.63, 3.8) is 0 Å². The minimum atomic E-state index is -0.451. The third-order valence-corrected chi connectivity index (χ3v) is 4.38. The zero-order valence-corrected chi connectivity index (χ0v) is 14.3. The van der Waals surface area contributed by atoms with E-state index < -0.39 is 5.92 Å². The molecule has 0 unspecified atom stereocenters. The number of nitrogens with zero attached hydrogens (tertiary/aromatic N) is 2. The third-order valence-electron chi connectivity index (χ3n) is 4.38. The Labute approximate surface area is 146 Å². The quantitative estimate of drug-likeness (QED) is 0.909. The molecule has 1 fully saturated rings. The molecule has 1 aliphatic rings. The lowest BCUT2D eigenvalue weighted by Crippen LogP contribution is -2.30. The lowest BCUT2D eigenvalue weighted by molar-refractivity contribution is -0.127. The van der Waals surface area contributed by atoms with Gasteiger partial charge in [-0.2, -0.15) is 0 Å². The van der Waals surface area contributed by atoms with Gasteiger partial charge < -0.3 is 15.0 Å². The maximum absolute atomic E-state index is 12.8. The van der Waals surface area contributed by atoms with Crippen molar-refractivity contribution in [1.82, 2.24) is 9.88 Å². The Morgan fingerprint density at radius 3 is 2.72 bits per heavy atom. The summed E-state index contributed by atoms with van der Waals surface area (Å²) in [7, 11) is 1.73. The number of amides is 2. The minimum Gasteiger partial charge on any atom is -0.494 e. The number of aromatic nitrogens is 1. The first-order valence-electron chi connectivity index (χ1n) is 8.29. The maximum Gasteiger partial charge on any atom is 0.230 e. The van der Waals surface area contributed by atoms with Gasteiger partial charge in [-0.15, -0.1) is 0 Å². The number of likely N-dealkylation sites (tertiary alicyclic amines) is 1. The standard InChI is InChI=1S/C19H21N3O3/c1-3-25-15-8-6-14(7-9-15)21-19(24)16-11-17(23)22(2)18(16)13-5-4-10-20-12-13/h4-10,12,16,18H,3,11H2,1-2H3,(H,21,24)/t16-,18-/m1/s1. The number of nitrogens with one attached hydrogen (secondary N) is 1. The van der Waals surface area contributed by atoms with Crippen molar-refractivity contribution < 1.29 is 14.3 Å². The predicted molar refractivity (Wildman–Crippen MR) is 94.1 cm³/mol. The average Bonchev–Trinajstić information content (AvgIpc) is 2.93. The molecule has 2 aromatic rings. The van der Waals surface area contributed by atoms with E-state index in [1.807, 2.05) is 31.2 Å². The first-order chi connectivity index (χ1) is 12.1. The largest absolute Gasteiger partial charge is 0.494 e. The van der Waals surface area contributed by atoms with Gasteiger partial charge in [0.05, 0.1) is 18.6 Å². The third kappa shape index (κ3) is 3.63. The highest BCUT2D eigenvalue weighted by Gasteiger charge is 2.42. The topological polar surface area (TPSA) is 71.5 Å². The summed E-state index contributed by atoms with van der Waals surface area (Å²) in [4.78, 5) is 30.6. The number of rotatable bonds is 5. The molecule has 2 atom stereocenters. The van der Waals surface area contributed by atoms with Gasteiger partial charge in [-0.3, -0.25) is 14.6 Å². The summed E-state index contributed by atoms with van der Waals surface area (Å²) in [6.45, 7) is 2.51. The van der Waals surface area contributed by atoms with Crippen LogP contribution in [0.2, 0.25) is 0 Å². The molecule has 1 aliphatic heterocycles. The van der Waals surface area contributed by atoms with Crippen molar-refractivity contribution in [3.05, 3.63) is 54.4 Å². The van der Waals surface area contributed by atoms with Crippen molar-refractivity contribution in [1.29, 1.82) is 0 Å². The highest BCUT2D eigenvalue weighted by Crippen LogP contribution is 2.37. The molecule has 2 amide bonds. The maximum atomic E-state index is 12.8. The Morgan fingerprint density at radius 1 is 1.32 bits per heavy atom. The van der Waals surface area contributed by atoms with Crippen molar-refractivity contribution in [2.24, 2.45) is 5.92 Å². The van der Waals surface area contributed by atoms with E-state index in [-0.39, 0.29) is 24.3 Å². The van der Waals surface area contributed by atoms with Gasteiger partial charge in [0.2, 0.25) is 11.8 Å². The Morgan fingerprint density at radius 2 is 2.08 bits per heavy atom. The van der Waals surface area contributed by atoms with Crippen LogP contribution in [-0.2, 0) is 9.59 Å². The van der Waals surface area contributed by atoms with Crippen molar-refractivity contribution >= 4 is 17.5 Å². The van der Waals surface area contributed by atoms with Crippen LogP contribution in [0.3, 0.4) is 0 Å². The SMILES string of the molecule is CCOc1ccc(NC(=O)[C@@H]2CC(=O)N(C)[C@@H]2c2cccnc2)cc1. The summed E-state index contributed by atoms with van der Waals surface area (Å²) in [5.41, 5.74) is 1.54. The molecule has 130 valence electrons. The second-order valence-corrected chi connectivity index (χ2v) is 5.99. The molecule has 0 radical (unpaired) electrons. The smallest absolute Gasteiger partial charge is 0.230 e. The second-order valence-electron chi connectivity index (χ2n) is 5.99. The molecule has 6 heteroatoms. The molecular formula is C19H21N3O3. The fourth-order valence-electron chi connectivity index (χ4n) is 3.15. The molecule has 1 N–H and O–H groups in total. The van der Waals surface area contributed by atoms with E-state index in [0.29, 0.717) is 12.3 Å². The highest BCUT2D eigenvalue weighted by atomic mass is 16.5. The van der Waals surface area contributed by atoms with Crippen LogP contribution >= 0.6 is 0 Å². The summed E-state index contributed by atoms with van der Waals surface area (Å²) in [6, 6.07) is 10.6. The van der Waals surface area contributed by atoms with Crippen molar-refractivity contribution in [2.45, 2.75) is 19.4 Å². The fraction of sp³-hybridized carbons (Fsp3) is 0.316. The number of hydrogen-bond acceptors (Lipinski definition) is 4. The van der Waals surface area contributed by atoms with Gasteiger partial charge in [0.1, 0.15) is 5.75 Å². The van der Waals surface area contributed by atoms with E-state index in [1.54, 1.807) is 36.5 Å². The Bertz CT molecular complexity index is 746. The van der Waals surface area contributed by atoms with E-state index in [2.05, 4.69) is 10.3 Å². The van der Waals surface area contributed by atoms with Gasteiger partial charge in [-0.25, -0.2) is 0 Å². The minimum absolute atomic E-state index is 0.0410. The average molecular weight is 339 g/mol. The summed E-state index contributed by atoms with van der Waals surface area (Å²) in [6.07, 6.45) is 3.57. The number of carbonyl (C=O) groups excluding carboxylic acids is 2. The normalized spacial score (nSPS) is 19.8. The summed E-state index contributed by atoms with van der Waals surface area (Å²) >= 11 is 0. The summed E-state index contributed by atoms with van der Waals surface area (Å²) in [5, 5.41) is 2.90. The van der Waals surface area contributed by atoms with Crippen LogP contribution in [0.5, 0.6) is 5.75 Å². The van der Waals surface area contributed by atoms with Gasteiger partial charge in [0.15, 0.2) is 0 Å². The Kier molecular flexibility index (Phi) is 4.97. The predicted octanol–water partition coefficient (Wildman–Crippen LogP) is 2.64. The number of benzene rings is 1. The molecular weight excluding hydrogens is 318 g/mol. The monoisotopic (exact) mass is 339 g/mol. The van der Waals surface area contributed by atoms with Gasteiger partial charge >= 0.3 is 0 Å². The van der Waals surface area contributed by atoms with Crippen LogP contribution in [-0.4, -0.2) is 35.4 Å². The van der Waals surface area contributed by atoms with E-state index >= 15 is 0 Å². The number of carbonyl (C=O) groups is 2.